The quantitative estimate of drug-likeness (QED) is 0.806. The minimum Gasteiger partial charge on any atom is -0.309 e. The molecule has 2 heterocycles. The summed E-state index contributed by atoms with van der Waals surface area (Å²) in [7, 11) is -3.43. The Morgan fingerprint density at radius 2 is 2.15 bits per heavy atom. The van der Waals surface area contributed by atoms with Crippen molar-refractivity contribution in [3.05, 3.63) is 11.1 Å². The minimum absolute atomic E-state index is 0.135. The van der Waals surface area contributed by atoms with Gasteiger partial charge in [0, 0.05) is 24.5 Å². The Bertz CT molecular complexity index is 523. The smallest absolute Gasteiger partial charge is 0.303 e. The summed E-state index contributed by atoms with van der Waals surface area (Å²) in [6, 6.07) is 0.135. The van der Waals surface area contributed by atoms with E-state index in [0.29, 0.717) is 18.2 Å². The molecule has 1 aromatic heterocycles. The number of nitrogens with zero attached hydrogens (tertiary/aromatic N) is 2. The van der Waals surface area contributed by atoms with Crippen LogP contribution in [0.15, 0.2) is 5.38 Å². The Kier molecular flexibility index (Phi) is 5.36. The van der Waals surface area contributed by atoms with Gasteiger partial charge >= 0.3 is 10.2 Å². The number of thiazole rings is 1. The van der Waals surface area contributed by atoms with Crippen molar-refractivity contribution in [2.24, 2.45) is 0 Å². The fraction of sp³-hybridized carbons (Fsp3) is 0.750. The molecule has 0 aliphatic carbocycles. The van der Waals surface area contributed by atoms with Gasteiger partial charge in [-0.1, -0.05) is 6.92 Å². The molecule has 0 amide bonds. The Hall–Kier alpha value is -0.700. The lowest BCUT2D eigenvalue weighted by atomic mass is 10.2. The summed E-state index contributed by atoms with van der Waals surface area (Å²) in [5, 5.41) is 5.68. The number of aromatic nitrogens is 1. The van der Waals surface area contributed by atoms with Gasteiger partial charge in [0.05, 0.1) is 5.69 Å². The maximum atomic E-state index is 12.1. The molecule has 114 valence electrons. The molecule has 1 atom stereocenters. The van der Waals surface area contributed by atoms with E-state index in [4.69, 9.17) is 0 Å². The summed E-state index contributed by atoms with van der Waals surface area (Å²) >= 11 is 1.33. The molecule has 0 radical (unpaired) electrons. The molecule has 8 heteroatoms. The van der Waals surface area contributed by atoms with E-state index >= 15 is 0 Å². The van der Waals surface area contributed by atoms with E-state index in [1.54, 1.807) is 0 Å². The maximum absolute atomic E-state index is 12.1. The average Bonchev–Trinajstić information content (AvgIpc) is 3.06. The van der Waals surface area contributed by atoms with Crippen LogP contribution in [0, 0.1) is 0 Å². The highest BCUT2D eigenvalue weighted by Gasteiger charge is 2.26. The highest BCUT2D eigenvalue weighted by atomic mass is 32.2. The van der Waals surface area contributed by atoms with Crippen molar-refractivity contribution in [1.29, 1.82) is 0 Å². The standard InChI is InChI=1S/C12H22N4O2S2/c1-3-6-13-10(2)11-9-19-12(14-11)15-20(17,18)16-7-4-5-8-16/h9-10,13H,3-8H2,1-2H3,(H,14,15). The summed E-state index contributed by atoms with van der Waals surface area (Å²) in [6.07, 6.45) is 2.92. The summed E-state index contributed by atoms with van der Waals surface area (Å²) in [5.41, 5.74) is 0.877. The first kappa shape index (κ1) is 15.7. The van der Waals surface area contributed by atoms with Crippen molar-refractivity contribution in [2.75, 3.05) is 24.4 Å². The molecule has 2 N–H and O–H groups in total. The van der Waals surface area contributed by atoms with Gasteiger partial charge in [-0.15, -0.1) is 11.3 Å². The molecule has 1 fully saturated rings. The van der Waals surface area contributed by atoms with Crippen molar-refractivity contribution in [3.63, 3.8) is 0 Å². The van der Waals surface area contributed by atoms with Crippen LogP contribution in [0.5, 0.6) is 0 Å². The number of rotatable bonds is 7. The molecule has 0 bridgehead atoms. The summed E-state index contributed by atoms with van der Waals surface area (Å²) in [5.74, 6) is 0. The van der Waals surface area contributed by atoms with Crippen LogP contribution in [0.3, 0.4) is 0 Å². The Morgan fingerprint density at radius 1 is 1.45 bits per heavy atom. The van der Waals surface area contributed by atoms with Gasteiger partial charge < -0.3 is 5.32 Å². The highest BCUT2D eigenvalue weighted by molar-refractivity contribution is 7.90. The molecular formula is C12H22N4O2S2. The van der Waals surface area contributed by atoms with E-state index in [1.807, 2.05) is 12.3 Å². The molecule has 1 aliphatic heterocycles. The first-order chi connectivity index (χ1) is 9.53. The van der Waals surface area contributed by atoms with E-state index in [1.165, 1.54) is 15.6 Å². The highest BCUT2D eigenvalue weighted by Crippen LogP contribution is 2.23. The van der Waals surface area contributed by atoms with Crippen molar-refractivity contribution in [2.45, 2.75) is 39.2 Å². The molecule has 6 nitrogen and oxygen atoms in total. The Balaban J connectivity index is 1.98. The van der Waals surface area contributed by atoms with Gasteiger partial charge in [0.1, 0.15) is 0 Å². The van der Waals surface area contributed by atoms with Crippen LogP contribution in [0.1, 0.15) is 44.8 Å². The zero-order chi connectivity index (χ0) is 14.6. The second kappa shape index (κ2) is 6.84. The third-order valence-corrected chi connectivity index (χ3v) is 5.69. The topological polar surface area (TPSA) is 74.3 Å². The van der Waals surface area contributed by atoms with Crippen LogP contribution in [0.2, 0.25) is 0 Å². The molecule has 1 unspecified atom stereocenters. The third-order valence-electron chi connectivity index (χ3n) is 3.29. The first-order valence-electron chi connectivity index (χ1n) is 6.99. The summed E-state index contributed by atoms with van der Waals surface area (Å²) < 4.78 is 28.3. The normalized spacial score (nSPS) is 18.3. The minimum atomic E-state index is -3.43. The SMILES string of the molecule is CCCNC(C)c1csc(NS(=O)(=O)N2CCCC2)n1. The van der Waals surface area contributed by atoms with Gasteiger partial charge in [-0.3, -0.25) is 0 Å². The maximum Gasteiger partial charge on any atom is 0.303 e. The van der Waals surface area contributed by atoms with Crippen molar-refractivity contribution in [3.8, 4) is 0 Å². The second-order valence-corrected chi connectivity index (χ2v) is 7.50. The van der Waals surface area contributed by atoms with Gasteiger partial charge in [-0.05, 0) is 32.7 Å². The molecular weight excluding hydrogens is 296 g/mol. The van der Waals surface area contributed by atoms with E-state index in [0.717, 1.165) is 31.5 Å². The molecule has 0 saturated carbocycles. The van der Waals surface area contributed by atoms with E-state index in [9.17, 15) is 8.42 Å². The molecule has 1 saturated heterocycles. The predicted octanol–water partition coefficient (Wildman–Crippen LogP) is 1.96. The molecule has 0 aromatic carbocycles. The molecule has 2 rings (SSSR count). The lowest BCUT2D eigenvalue weighted by Crippen LogP contribution is -2.33. The van der Waals surface area contributed by atoms with Crippen LogP contribution in [0.25, 0.3) is 0 Å². The number of nitrogens with one attached hydrogen (secondary N) is 2. The van der Waals surface area contributed by atoms with Gasteiger partial charge in [0.2, 0.25) is 0 Å². The van der Waals surface area contributed by atoms with Crippen molar-refractivity contribution in [1.82, 2.24) is 14.6 Å². The molecule has 20 heavy (non-hydrogen) atoms. The van der Waals surface area contributed by atoms with Crippen LogP contribution in [-0.4, -0.2) is 37.3 Å². The second-order valence-electron chi connectivity index (χ2n) is 4.97. The summed E-state index contributed by atoms with van der Waals surface area (Å²) in [6.45, 7) is 6.26. The lowest BCUT2D eigenvalue weighted by Gasteiger charge is -2.15. The summed E-state index contributed by atoms with van der Waals surface area (Å²) in [4.78, 5) is 4.36. The Labute approximate surface area is 124 Å². The van der Waals surface area contributed by atoms with Crippen molar-refractivity contribution < 1.29 is 8.42 Å². The lowest BCUT2D eigenvalue weighted by molar-refractivity contribution is 0.482. The van der Waals surface area contributed by atoms with E-state index < -0.39 is 10.2 Å². The zero-order valence-corrected chi connectivity index (χ0v) is 13.6. The number of anilines is 1. The monoisotopic (exact) mass is 318 g/mol. The number of hydrogen-bond donors (Lipinski definition) is 2. The van der Waals surface area contributed by atoms with Gasteiger partial charge in [-0.25, -0.2) is 9.71 Å². The average molecular weight is 318 g/mol. The van der Waals surface area contributed by atoms with Gasteiger partial charge in [0.15, 0.2) is 5.13 Å². The fourth-order valence-corrected chi connectivity index (χ4v) is 4.39. The van der Waals surface area contributed by atoms with Crippen LogP contribution < -0.4 is 10.0 Å². The number of hydrogen-bond acceptors (Lipinski definition) is 5. The van der Waals surface area contributed by atoms with Crippen LogP contribution in [0.4, 0.5) is 5.13 Å². The van der Waals surface area contributed by atoms with Crippen molar-refractivity contribution >= 4 is 26.7 Å². The molecule has 1 aliphatic rings. The largest absolute Gasteiger partial charge is 0.309 e. The van der Waals surface area contributed by atoms with Gasteiger partial charge in [-0.2, -0.15) is 12.7 Å². The Morgan fingerprint density at radius 3 is 2.80 bits per heavy atom. The molecule has 0 spiro atoms. The van der Waals surface area contributed by atoms with Gasteiger partial charge in [0.25, 0.3) is 0 Å². The predicted molar refractivity (Wildman–Crippen MR) is 82.2 cm³/mol. The third kappa shape index (κ3) is 3.91. The fourth-order valence-electron chi connectivity index (χ4n) is 2.10. The van der Waals surface area contributed by atoms with E-state index in [2.05, 4.69) is 21.9 Å². The van der Waals surface area contributed by atoms with Crippen LogP contribution >= 0.6 is 11.3 Å². The first-order valence-corrected chi connectivity index (χ1v) is 9.31. The molecule has 1 aromatic rings. The van der Waals surface area contributed by atoms with E-state index in [-0.39, 0.29) is 6.04 Å². The zero-order valence-electron chi connectivity index (χ0n) is 11.9. The van der Waals surface area contributed by atoms with Crippen LogP contribution in [-0.2, 0) is 10.2 Å².